The van der Waals surface area contributed by atoms with Crippen LogP contribution in [0.25, 0.3) is 0 Å². The Hall–Kier alpha value is -0.780. The minimum absolute atomic E-state index is 0.0203. The molecule has 0 aliphatic carbocycles. The molecule has 0 saturated carbocycles. The van der Waals surface area contributed by atoms with Crippen LogP contribution >= 0.6 is 31.9 Å². The fraction of sp³-hybridized carbons (Fsp3) is 0.143. The first-order valence-electron chi connectivity index (χ1n) is 5.54. The second kappa shape index (κ2) is 6.11. The Bertz CT molecular complexity index is 582. The van der Waals surface area contributed by atoms with Crippen molar-refractivity contribution in [2.24, 2.45) is 0 Å². The molecule has 0 aliphatic rings. The molecule has 100 valence electrons. The first-order chi connectivity index (χ1) is 8.97. The maximum Gasteiger partial charge on any atom is 0.162 e. The molecule has 0 saturated heterocycles. The van der Waals surface area contributed by atoms with E-state index in [-0.39, 0.29) is 12.0 Å². The molecule has 0 spiro atoms. The molecule has 0 aliphatic heterocycles. The van der Waals surface area contributed by atoms with E-state index in [1.165, 1.54) is 12.1 Å². The third kappa shape index (κ3) is 3.61. The molecule has 1 atom stereocenters. The summed E-state index contributed by atoms with van der Waals surface area (Å²) < 4.78 is 28.2. The second-order valence-corrected chi connectivity index (χ2v) is 5.97. The summed E-state index contributed by atoms with van der Waals surface area (Å²) in [4.78, 5) is 0. The van der Waals surface area contributed by atoms with Crippen LogP contribution in [0.2, 0.25) is 0 Å². The van der Waals surface area contributed by atoms with Crippen molar-refractivity contribution in [1.29, 1.82) is 0 Å². The monoisotopic (exact) mass is 390 g/mol. The third-order valence-electron chi connectivity index (χ3n) is 2.71. The van der Waals surface area contributed by atoms with Crippen LogP contribution in [-0.4, -0.2) is 5.11 Å². The van der Waals surface area contributed by atoms with Crippen LogP contribution in [0.4, 0.5) is 8.78 Å². The molecule has 0 radical (unpaired) electrons. The van der Waals surface area contributed by atoms with Crippen molar-refractivity contribution in [3.63, 3.8) is 0 Å². The highest BCUT2D eigenvalue weighted by Gasteiger charge is 2.14. The predicted octanol–water partition coefficient (Wildman–Crippen LogP) is 4.77. The molecule has 0 bridgehead atoms. The van der Waals surface area contributed by atoms with E-state index in [2.05, 4.69) is 31.9 Å². The fourth-order valence-electron chi connectivity index (χ4n) is 1.80. The smallest absolute Gasteiger partial charge is 0.162 e. The number of benzene rings is 2. The van der Waals surface area contributed by atoms with Gasteiger partial charge in [-0.2, -0.15) is 0 Å². The molecule has 2 aromatic carbocycles. The molecule has 1 nitrogen and oxygen atoms in total. The molecule has 0 heterocycles. The number of hydrogen-bond donors (Lipinski definition) is 1. The van der Waals surface area contributed by atoms with Crippen LogP contribution in [-0.2, 0) is 6.42 Å². The lowest BCUT2D eigenvalue weighted by atomic mass is 10.0. The molecule has 5 heteroatoms. The van der Waals surface area contributed by atoms with E-state index in [0.717, 1.165) is 15.0 Å². The third-order valence-corrected chi connectivity index (χ3v) is 3.63. The van der Waals surface area contributed by atoms with Crippen LogP contribution in [0.1, 0.15) is 17.2 Å². The molecule has 1 unspecified atom stereocenters. The van der Waals surface area contributed by atoms with Gasteiger partial charge >= 0.3 is 0 Å². The number of halogens is 4. The summed E-state index contributed by atoms with van der Waals surface area (Å²) in [7, 11) is 0. The number of hydrogen-bond acceptors (Lipinski definition) is 1. The van der Waals surface area contributed by atoms with Crippen molar-refractivity contribution in [1.82, 2.24) is 0 Å². The molecule has 2 rings (SSSR count). The Morgan fingerprint density at radius 1 is 1.05 bits per heavy atom. The van der Waals surface area contributed by atoms with Gasteiger partial charge in [-0.1, -0.05) is 44.0 Å². The van der Waals surface area contributed by atoms with Crippen molar-refractivity contribution in [2.45, 2.75) is 12.5 Å². The van der Waals surface area contributed by atoms with Crippen molar-refractivity contribution in [3.8, 4) is 0 Å². The van der Waals surface area contributed by atoms with Gasteiger partial charge in [0.1, 0.15) is 0 Å². The number of aliphatic hydroxyl groups is 1. The lowest BCUT2D eigenvalue weighted by Gasteiger charge is -2.13. The van der Waals surface area contributed by atoms with E-state index in [0.29, 0.717) is 5.56 Å². The summed E-state index contributed by atoms with van der Waals surface area (Å²) >= 11 is 6.64. The lowest BCUT2D eigenvalue weighted by Crippen LogP contribution is -2.04. The van der Waals surface area contributed by atoms with Gasteiger partial charge in [0.25, 0.3) is 0 Å². The van der Waals surface area contributed by atoms with Crippen LogP contribution in [0.15, 0.2) is 45.3 Å². The fourth-order valence-corrected chi connectivity index (χ4v) is 3.13. The van der Waals surface area contributed by atoms with Crippen LogP contribution in [0.3, 0.4) is 0 Å². The zero-order valence-corrected chi connectivity index (χ0v) is 12.9. The number of rotatable bonds is 3. The summed E-state index contributed by atoms with van der Waals surface area (Å²) in [6, 6.07) is 9.27. The maximum atomic E-state index is 13.5. The van der Waals surface area contributed by atoms with Gasteiger partial charge in [0, 0.05) is 15.4 Å². The highest BCUT2D eigenvalue weighted by Crippen LogP contribution is 2.27. The highest BCUT2D eigenvalue weighted by atomic mass is 79.9. The molecular weight excluding hydrogens is 382 g/mol. The average molecular weight is 392 g/mol. The van der Waals surface area contributed by atoms with Crippen molar-refractivity contribution >= 4 is 31.9 Å². The topological polar surface area (TPSA) is 20.2 Å². The Morgan fingerprint density at radius 2 is 1.68 bits per heavy atom. The Labute approximate surface area is 126 Å². The SMILES string of the molecule is OC(Cc1cccc(F)c1F)c1cc(Br)cc(Br)c1. The van der Waals surface area contributed by atoms with Gasteiger partial charge in [0.2, 0.25) is 0 Å². The standard InChI is InChI=1S/C14H10Br2F2O/c15-10-4-9(5-11(16)7-10)13(19)6-8-2-1-3-12(17)14(8)18/h1-5,7,13,19H,6H2. The normalized spacial score (nSPS) is 12.5. The van der Waals surface area contributed by atoms with Crippen molar-refractivity contribution in [3.05, 3.63) is 68.1 Å². The zero-order valence-electron chi connectivity index (χ0n) is 9.71. The predicted molar refractivity (Wildman–Crippen MR) is 76.9 cm³/mol. The first kappa shape index (κ1) is 14.6. The van der Waals surface area contributed by atoms with Crippen LogP contribution in [0, 0.1) is 11.6 Å². The number of aliphatic hydroxyl groups excluding tert-OH is 1. The van der Waals surface area contributed by atoms with Crippen molar-refractivity contribution in [2.75, 3.05) is 0 Å². The van der Waals surface area contributed by atoms with Gasteiger partial charge < -0.3 is 5.11 Å². The van der Waals surface area contributed by atoms with Crippen molar-refractivity contribution < 1.29 is 13.9 Å². The minimum Gasteiger partial charge on any atom is -0.388 e. The maximum absolute atomic E-state index is 13.5. The molecule has 0 fully saturated rings. The summed E-state index contributed by atoms with van der Waals surface area (Å²) in [6.45, 7) is 0. The van der Waals surface area contributed by atoms with Gasteiger partial charge in [-0.05, 0) is 35.4 Å². The van der Waals surface area contributed by atoms with E-state index in [1.54, 1.807) is 12.1 Å². The van der Waals surface area contributed by atoms with Gasteiger partial charge in [-0.15, -0.1) is 0 Å². The molecule has 0 amide bonds. The lowest BCUT2D eigenvalue weighted by molar-refractivity contribution is 0.176. The van der Waals surface area contributed by atoms with Gasteiger partial charge in [0.15, 0.2) is 11.6 Å². The molecular formula is C14H10Br2F2O. The summed E-state index contributed by atoms with van der Waals surface area (Å²) in [5.41, 5.74) is 0.786. The van der Waals surface area contributed by atoms with Crippen LogP contribution in [0.5, 0.6) is 0 Å². The first-order valence-corrected chi connectivity index (χ1v) is 7.13. The second-order valence-electron chi connectivity index (χ2n) is 4.14. The Morgan fingerprint density at radius 3 is 2.32 bits per heavy atom. The van der Waals surface area contributed by atoms with Gasteiger partial charge in [0.05, 0.1) is 6.10 Å². The van der Waals surface area contributed by atoms with E-state index in [9.17, 15) is 13.9 Å². The Kier molecular flexibility index (Phi) is 4.71. The minimum atomic E-state index is -0.907. The van der Waals surface area contributed by atoms with Gasteiger partial charge in [-0.3, -0.25) is 0 Å². The largest absolute Gasteiger partial charge is 0.388 e. The summed E-state index contributed by atoms with van der Waals surface area (Å²) in [5, 5.41) is 10.1. The molecule has 1 N–H and O–H groups in total. The van der Waals surface area contributed by atoms with E-state index < -0.39 is 17.7 Å². The molecule has 0 aromatic heterocycles. The average Bonchev–Trinajstić information content (AvgIpc) is 2.33. The van der Waals surface area contributed by atoms with E-state index in [1.807, 2.05) is 6.07 Å². The quantitative estimate of drug-likeness (QED) is 0.799. The summed E-state index contributed by atoms with van der Waals surface area (Å²) in [6.07, 6.45) is -0.878. The van der Waals surface area contributed by atoms with E-state index in [4.69, 9.17) is 0 Å². The Balaban J connectivity index is 2.25. The molecule has 19 heavy (non-hydrogen) atoms. The zero-order chi connectivity index (χ0) is 14.0. The highest BCUT2D eigenvalue weighted by molar-refractivity contribution is 9.11. The summed E-state index contributed by atoms with van der Waals surface area (Å²) in [5.74, 6) is -1.81. The van der Waals surface area contributed by atoms with E-state index >= 15 is 0 Å². The van der Waals surface area contributed by atoms with Crippen LogP contribution < -0.4 is 0 Å². The molecule has 2 aromatic rings. The van der Waals surface area contributed by atoms with Gasteiger partial charge in [-0.25, -0.2) is 8.78 Å².